The number of benzene rings is 2. The number of nitrogens with zero attached hydrogens (tertiary/aromatic N) is 4. The summed E-state index contributed by atoms with van der Waals surface area (Å²) in [4.78, 5) is 0. The number of rotatable bonds is 9. The molecule has 0 spiro atoms. The molecule has 2 aromatic carbocycles. The van der Waals surface area contributed by atoms with E-state index in [1.165, 1.54) is 11.8 Å². The highest BCUT2D eigenvalue weighted by atomic mass is 32.2. The second-order valence-electron chi connectivity index (χ2n) is 5.71. The third-order valence-corrected chi connectivity index (χ3v) is 4.64. The molecule has 8 nitrogen and oxygen atoms in total. The van der Waals surface area contributed by atoms with Crippen molar-refractivity contribution in [3.63, 3.8) is 0 Å². The third kappa shape index (κ3) is 4.80. The summed E-state index contributed by atoms with van der Waals surface area (Å²) < 4.78 is 23.6. The van der Waals surface area contributed by atoms with Crippen molar-refractivity contribution in [1.29, 1.82) is 0 Å². The van der Waals surface area contributed by atoms with Crippen molar-refractivity contribution in [1.82, 2.24) is 14.9 Å². The number of para-hydroxylation sites is 1. The van der Waals surface area contributed by atoms with Crippen LogP contribution in [-0.2, 0) is 6.61 Å². The van der Waals surface area contributed by atoms with E-state index in [4.69, 9.17) is 18.9 Å². The summed E-state index contributed by atoms with van der Waals surface area (Å²) in [5.41, 5.74) is 0.723. The number of methoxy groups -OCH3 is 3. The van der Waals surface area contributed by atoms with Crippen LogP contribution in [0.3, 0.4) is 0 Å². The second-order valence-corrected chi connectivity index (χ2v) is 6.48. The van der Waals surface area contributed by atoms with Crippen molar-refractivity contribution < 1.29 is 18.9 Å². The largest absolute Gasteiger partial charge is 0.496 e. The van der Waals surface area contributed by atoms with Crippen LogP contribution in [-0.4, -0.2) is 48.7 Å². The smallest absolute Gasteiger partial charge is 0.211 e. The molecule has 0 unspecified atom stereocenters. The normalized spacial score (nSPS) is 10.9. The first-order valence-electron chi connectivity index (χ1n) is 8.70. The Morgan fingerprint density at radius 1 is 0.966 bits per heavy atom. The molecule has 1 aromatic heterocycles. The van der Waals surface area contributed by atoms with Gasteiger partial charge < -0.3 is 18.9 Å². The van der Waals surface area contributed by atoms with E-state index in [1.807, 2.05) is 36.6 Å². The number of hydrogen-bond donors (Lipinski definition) is 0. The van der Waals surface area contributed by atoms with Crippen LogP contribution in [0.2, 0.25) is 0 Å². The van der Waals surface area contributed by atoms with E-state index in [0.717, 1.165) is 11.3 Å². The van der Waals surface area contributed by atoms with Crippen LogP contribution >= 0.6 is 11.8 Å². The van der Waals surface area contributed by atoms with Gasteiger partial charge in [0.25, 0.3) is 0 Å². The zero-order valence-corrected chi connectivity index (χ0v) is 17.5. The summed E-state index contributed by atoms with van der Waals surface area (Å²) in [6, 6.07) is 13.1. The summed E-state index contributed by atoms with van der Waals surface area (Å²) in [6.07, 6.45) is 3.57. The molecule has 0 N–H and O–H groups in total. The molecule has 1 heterocycles. The number of ether oxygens (including phenoxy) is 4. The first-order chi connectivity index (χ1) is 14.2. The van der Waals surface area contributed by atoms with Gasteiger partial charge in [-0.25, -0.2) is 0 Å². The molecule has 3 aromatic rings. The van der Waals surface area contributed by atoms with E-state index in [0.29, 0.717) is 28.2 Å². The van der Waals surface area contributed by atoms with Gasteiger partial charge in [-0.3, -0.25) is 0 Å². The van der Waals surface area contributed by atoms with Crippen molar-refractivity contribution in [2.45, 2.75) is 11.8 Å². The Labute approximate surface area is 173 Å². The topological polar surface area (TPSA) is 80.0 Å². The lowest BCUT2D eigenvalue weighted by molar-refractivity contribution is 0.290. The van der Waals surface area contributed by atoms with Gasteiger partial charge in [0.1, 0.15) is 18.1 Å². The molecule has 0 amide bonds. The van der Waals surface area contributed by atoms with Gasteiger partial charge in [0.2, 0.25) is 5.16 Å². The van der Waals surface area contributed by atoms with Crippen molar-refractivity contribution >= 4 is 18.0 Å². The van der Waals surface area contributed by atoms with Gasteiger partial charge in [-0.1, -0.05) is 30.0 Å². The fourth-order valence-corrected chi connectivity index (χ4v) is 3.02. The van der Waals surface area contributed by atoms with Gasteiger partial charge in [0.05, 0.1) is 27.5 Å². The Bertz CT molecular complexity index is 976. The minimum atomic E-state index is 0.234. The maximum absolute atomic E-state index is 5.79. The van der Waals surface area contributed by atoms with Crippen LogP contribution in [0, 0.1) is 0 Å². The van der Waals surface area contributed by atoms with Crippen molar-refractivity contribution in [2.75, 3.05) is 27.6 Å². The van der Waals surface area contributed by atoms with Crippen LogP contribution < -0.4 is 18.9 Å². The number of thioether (sulfide) groups is 1. The van der Waals surface area contributed by atoms with Crippen LogP contribution in [0.5, 0.6) is 23.0 Å². The number of hydrogen-bond acceptors (Lipinski definition) is 8. The molecule has 152 valence electrons. The Kier molecular flexibility index (Phi) is 6.96. The SMILES string of the molecule is COc1cc(OC)c(OC)cc1/C=N\n1c(COc2ccccc2)nnc1SC. The highest BCUT2D eigenvalue weighted by Gasteiger charge is 2.13. The highest BCUT2D eigenvalue weighted by molar-refractivity contribution is 7.98. The molecule has 0 radical (unpaired) electrons. The maximum Gasteiger partial charge on any atom is 0.211 e. The minimum Gasteiger partial charge on any atom is -0.496 e. The van der Waals surface area contributed by atoms with Crippen LogP contribution in [0.1, 0.15) is 11.4 Å². The standard InChI is InChI=1S/C20H22N4O4S/c1-25-16-11-18(27-3)17(26-2)10-14(16)12-21-24-19(22-23-20(24)29-4)13-28-15-8-6-5-7-9-15/h5-12H,13H2,1-4H3/b21-12-. The van der Waals surface area contributed by atoms with Gasteiger partial charge in [-0.05, 0) is 24.5 Å². The Morgan fingerprint density at radius 2 is 1.66 bits per heavy atom. The predicted molar refractivity (Wildman–Crippen MR) is 112 cm³/mol. The quantitative estimate of drug-likeness (QED) is 0.392. The lowest BCUT2D eigenvalue weighted by Crippen LogP contribution is -2.05. The lowest BCUT2D eigenvalue weighted by Gasteiger charge is -2.12. The average molecular weight is 414 g/mol. The molecule has 0 atom stereocenters. The summed E-state index contributed by atoms with van der Waals surface area (Å²) in [7, 11) is 4.74. The Morgan fingerprint density at radius 3 is 2.31 bits per heavy atom. The first-order valence-corrected chi connectivity index (χ1v) is 9.93. The highest BCUT2D eigenvalue weighted by Crippen LogP contribution is 2.33. The molecule has 0 aliphatic heterocycles. The van der Waals surface area contributed by atoms with E-state index in [9.17, 15) is 0 Å². The van der Waals surface area contributed by atoms with Gasteiger partial charge in [-0.15, -0.1) is 10.2 Å². The van der Waals surface area contributed by atoms with Gasteiger partial charge in [0.15, 0.2) is 17.3 Å². The molecule has 0 fully saturated rings. The van der Waals surface area contributed by atoms with E-state index in [1.54, 1.807) is 44.4 Å². The monoisotopic (exact) mass is 414 g/mol. The molecule has 3 rings (SSSR count). The molecule has 0 saturated carbocycles. The van der Waals surface area contributed by atoms with E-state index in [-0.39, 0.29) is 6.61 Å². The van der Waals surface area contributed by atoms with E-state index >= 15 is 0 Å². The van der Waals surface area contributed by atoms with Gasteiger partial charge >= 0.3 is 0 Å². The summed E-state index contributed by atoms with van der Waals surface area (Å²) in [5, 5.41) is 13.6. The van der Waals surface area contributed by atoms with Crippen LogP contribution in [0.15, 0.2) is 52.7 Å². The van der Waals surface area contributed by atoms with E-state index < -0.39 is 0 Å². The molecule has 9 heteroatoms. The lowest BCUT2D eigenvalue weighted by atomic mass is 10.2. The molecule has 29 heavy (non-hydrogen) atoms. The van der Waals surface area contributed by atoms with E-state index in [2.05, 4.69) is 15.3 Å². The zero-order valence-electron chi connectivity index (χ0n) is 16.7. The van der Waals surface area contributed by atoms with Crippen LogP contribution in [0.4, 0.5) is 0 Å². The molecular formula is C20H22N4O4S. The van der Waals surface area contributed by atoms with Crippen molar-refractivity contribution in [2.24, 2.45) is 5.10 Å². The van der Waals surface area contributed by atoms with Crippen molar-refractivity contribution in [3.8, 4) is 23.0 Å². The zero-order chi connectivity index (χ0) is 20.6. The van der Waals surface area contributed by atoms with Gasteiger partial charge in [-0.2, -0.15) is 9.78 Å². The molecular weight excluding hydrogens is 392 g/mol. The molecule has 0 aliphatic rings. The van der Waals surface area contributed by atoms with Crippen molar-refractivity contribution in [3.05, 3.63) is 53.9 Å². The molecule has 0 aliphatic carbocycles. The third-order valence-electron chi connectivity index (χ3n) is 4.02. The fraction of sp³-hybridized carbons (Fsp3) is 0.250. The van der Waals surface area contributed by atoms with Gasteiger partial charge in [0, 0.05) is 11.6 Å². The molecule has 0 bridgehead atoms. The molecule has 0 saturated heterocycles. The maximum atomic E-state index is 5.79. The fourth-order valence-electron chi connectivity index (χ4n) is 2.57. The predicted octanol–water partition coefficient (Wildman–Crippen LogP) is 3.49. The van der Waals surface area contributed by atoms with Crippen LogP contribution in [0.25, 0.3) is 0 Å². The Hall–Kier alpha value is -3.20. The summed E-state index contributed by atoms with van der Waals surface area (Å²) in [5.74, 6) is 3.09. The average Bonchev–Trinajstić information content (AvgIpc) is 3.17. The first kappa shape index (κ1) is 20.5. The summed E-state index contributed by atoms with van der Waals surface area (Å²) >= 11 is 1.44. The second kappa shape index (κ2) is 9.83. The minimum absolute atomic E-state index is 0.234. The number of aromatic nitrogens is 3. The summed E-state index contributed by atoms with van der Waals surface area (Å²) in [6.45, 7) is 0.234. The Balaban J connectivity index is 1.89.